The van der Waals surface area contributed by atoms with E-state index in [0.29, 0.717) is 43.2 Å². The normalized spacial score (nSPS) is 26.8. The molecule has 148 heavy (non-hydrogen) atoms. The van der Waals surface area contributed by atoms with Crippen LogP contribution in [0.5, 0.6) is 5.75 Å². The van der Waals surface area contributed by atoms with Crippen molar-refractivity contribution in [3.05, 3.63) is 48.0 Å². The summed E-state index contributed by atoms with van der Waals surface area (Å²) in [5, 5.41) is 299. The van der Waals surface area contributed by atoms with E-state index in [1.807, 2.05) is 0 Å². The van der Waals surface area contributed by atoms with E-state index >= 15 is 4.79 Å². The number of carboxylic acids is 3. The van der Waals surface area contributed by atoms with Gasteiger partial charge in [0.25, 0.3) is 0 Å². The van der Waals surface area contributed by atoms with E-state index < -0.39 is 375 Å². The van der Waals surface area contributed by atoms with Crippen molar-refractivity contribution in [2.45, 2.75) is 220 Å². The summed E-state index contributed by atoms with van der Waals surface area (Å²) in [6.07, 6.45) is -4.38. The molecule has 0 saturated carbocycles. The van der Waals surface area contributed by atoms with Crippen molar-refractivity contribution in [2.75, 3.05) is 82.0 Å². The summed E-state index contributed by atoms with van der Waals surface area (Å²) in [5.41, 5.74) is 11.7. The van der Waals surface area contributed by atoms with Gasteiger partial charge in [0.15, 0.2) is 12.0 Å². The molecule has 1 aromatic carbocycles. The van der Waals surface area contributed by atoms with Gasteiger partial charge in [0, 0.05) is 73.8 Å². The third-order valence-corrected chi connectivity index (χ3v) is 26.9. The molecule has 4 bridgehead atoms. The number of aromatic hydroxyl groups is 1. The maximum Gasteiger partial charge on any atom is 0.306 e. The number of nitrogens with one attached hydrogen (secondary N) is 3. The summed E-state index contributed by atoms with van der Waals surface area (Å²) in [7, 11) is 2.58. The lowest BCUT2D eigenvalue weighted by molar-refractivity contribution is -0.142. The molecule has 2 fully saturated rings. The summed E-state index contributed by atoms with van der Waals surface area (Å²) in [6, 6.07) is -26.9. The molecule has 5 aliphatic rings. The SMILES string of the molecule is CC[C@H](C)[C@@H]1N=C(O)[C@H](CCC(=O)O)N=C(O)[C@@H]2CCCN2C(=O)[C@H](Cc2cnc[nH]2)N=C(O)[C@H](CC(=O)O)N=C(O)[C@H](Cc2ccc(O)cc2)N=C(O)[C@H](CC(N)=O)N=C(O)[C@@H]2CSSC[C@@H]3N=C(O)CN=C(O)CN=C(O)CN=C(O)[C@H](C)N=C(O)[C@H](C)N=C(O)CN=C(O)CN=C(O)[C@H](CSSC[C@H](N=C3O)C(O)=N[C@@H](CO)C(O)=N[C@@H](CC(=O)O)C(=O)N3CCC[C@H]3C(O)=N[C@@H](CCCNC(=N)N)C(O)=N2)N=C1O. The predicted octanol–water partition coefficient (Wildman–Crippen LogP) is 3.38. The number of aromatic amines is 1. The molecule has 63 heteroatoms. The molecule has 18 atom stereocenters. The summed E-state index contributed by atoms with van der Waals surface area (Å²) in [6.45, 7) is -0.946. The second-order valence-corrected chi connectivity index (χ2v) is 38.6. The number of phenolic OH excluding ortho intramolecular Hbond substituents is 1. The Morgan fingerprint density at radius 1 is 0.439 bits per heavy atom. The number of carboxylic acid groups (broad SMARTS) is 3. The number of benzene rings is 1. The van der Waals surface area contributed by atoms with Gasteiger partial charge >= 0.3 is 17.9 Å². The van der Waals surface area contributed by atoms with E-state index in [2.05, 4.69) is 115 Å². The van der Waals surface area contributed by atoms with Crippen LogP contribution in [0.25, 0.3) is 0 Å². The van der Waals surface area contributed by atoms with Crippen molar-refractivity contribution in [3.8, 4) is 5.75 Å². The number of aromatic nitrogens is 2. The number of hydrogen-bond acceptors (Lipinski definition) is 34. The molecule has 59 nitrogen and oxygen atoms in total. The fourth-order valence-corrected chi connectivity index (χ4v) is 18.7. The Labute approximate surface area is 858 Å². The van der Waals surface area contributed by atoms with Crippen LogP contribution in [0.3, 0.4) is 0 Å². The van der Waals surface area contributed by atoms with Crippen LogP contribution in [0, 0.1) is 11.3 Å². The predicted molar refractivity (Wildman–Crippen MR) is 558 cm³/mol. The molecule has 3 amide bonds. The van der Waals surface area contributed by atoms with Gasteiger partial charge in [-0.15, -0.1) is 0 Å². The molecule has 812 valence electrons. The number of aliphatic imine (C=N–C) groups is 20. The van der Waals surface area contributed by atoms with E-state index in [1.54, 1.807) is 6.92 Å². The topological polar surface area (TPSA) is 978 Å². The van der Waals surface area contributed by atoms with Gasteiger partial charge in [0.05, 0.1) is 32.2 Å². The number of aliphatic hydroxyl groups excluding tert-OH is 21. The highest BCUT2D eigenvalue weighted by molar-refractivity contribution is 8.77. The second-order valence-electron chi connectivity index (χ2n) is 33.5. The monoisotopic (exact) mass is 2160 g/mol. The highest BCUT2D eigenvalue weighted by atomic mass is 33.1. The second kappa shape index (κ2) is 59.6. The van der Waals surface area contributed by atoms with Crippen molar-refractivity contribution in [1.82, 2.24) is 25.1 Å². The Morgan fingerprint density at radius 3 is 1.37 bits per heavy atom. The molecule has 2 saturated heterocycles. The number of imidazole rings is 1. The van der Waals surface area contributed by atoms with Crippen molar-refractivity contribution < 1.29 is 156 Å². The van der Waals surface area contributed by atoms with Crippen molar-refractivity contribution in [2.24, 2.45) is 117 Å². The maximum atomic E-state index is 15.3. The minimum atomic E-state index is -2.22. The Balaban J connectivity index is 1.62. The Hall–Kier alpha value is -14.9. The van der Waals surface area contributed by atoms with Crippen LogP contribution in [0.2, 0.25) is 0 Å². The van der Waals surface area contributed by atoms with Gasteiger partial charge in [-0.3, -0.25) is 34.2 Å². The lowest BCUT2D eigenvalue weighted by Gasteiger charge is -2.27. The number of H-pyrrole nitrogens is 1. The number of aliphatic hydroxyl groups is 21. The van der Waals surface area contributed by atoms with Crippen molar-refractivity contribution in [3.63, 3.8) is 0 Å². The minimum Gasteiger partial charge on any atom is -0.508 e. The van der Waals surface area contributed by atoms with Crippen LogP contribution in [-0.4, -0.2) is 492 Å². The fourth-order valence-electron chi connectivity index (χ4n) is 14.2. The van der Waals surface area contributed by atoms with Crippen LogP contribution in [-0.2, 0) is 41.6 Å². The van der Waals surface area contributed by atoms with Crippen LogP contribution in [0.4, 0.5) is 0 Å². The molecule has 6 heterocycles. The van der Waals surface area contributed by atoms with Crippen molar-refractivity contribution >= 4 is 203 Å². The van der Waals surface area contributed by atoms with Crippen molar-refractivity contribution in [1.29, 1.82) is 5.41 Å². The number of primary amides is 1. The van der Waals surface area contributed by atoms with E-state index in [0.717, 1.165) is 9.80 Å². The van der Waals surface area contributed by atoms with Gasteiger partial charge in [-0.05, 0) is 82.4 Å². The van der Waals surface area contributed by atoms with Gasteiger partial charge in [-0.25, -0.2) is 105 Å². The number of rotatable bonds is 20. The molecule has 32 N–H and O–H groups in total. The van der Waals surface area contributed by atoms with Gasteiger partial charge in [-0.1, -0.05) is 75.6 Å². The van der Waals surface area contributed by atoms with Gasteiger partial charge in [0.1, 0.15) is 135 Å². The average molecular weight is 2160 g/mol. The number of amides is 3. The molecule has 5 aliphatic heterocycles. The minimum absolute atomic E-state index is 0.0471. The third kappa shape index (κ3) is 39.5. The lowest BCUT2D eigenvalue weighted by atomic mass is 9.99. The first kappa shape index (κ1) is 120. The van der Waals surface area contributed by atoms with E-state index in [4.69, 9.17) is 16.9 Å². The maximum absolute atomic E-state index is 15.3. The Bertz CT molecular complexity index is 5580. The number of aliphatic carboxylic acids is 3. The Kier molecular flexibility index (Phi) is 48.4. The summed E-state index contributed by atoms with van der Waals surface area (Å²) in [5.74, 6) is -34.4. The Morgan fingerprint density at radius 2 is 0.851 bits per heavy atom. The molecule has 0 unspecified atom stereocenters. The highest BCUT2D eigenvalue weighted by Crippen LogP contribution is 2.32. The zero-order chi connectivity index (χ0) is 109. The number of carbonyl (C=O) groups is 6. The largest absolute Gasteiger partial charge is 0.508 e. The van der Waals surface area contributed by atoms with E-state index in [9.17, 15) is 152 Å². The number of nitrogens with two attached hydrogens (primary N) is 2. The van der Waals surface area contributed by atoms with E-state index in [1.165, 1.54) is 57.6 Å². The highest BCUT2D eigenvalue weighted by Gasteiger charge is 2.42. The summed E-state index contributed by atoms with van der Waals surface area (Å²) >= 11 is 0. The molecule has 0 radical (unpaired) electrons. The summed E-state index contributed by atoms with van der Waals surface area (Å²) in [4.78, 5) is 172. The zero-order valence-electron chi connectivity index (χ0n) is 80.2. The number of nitrogens with zero attached hydrogens (tertiary/aromatic N) is 23. The third-order valence-electron chi connectivity index (χ3n) is 22.1. The quantitative estimate of drug-likeness (QED) is 0.0391. The molecular weight excluding hydrogens is 2040 g/mol. The van der Waals surface area contributed by atoms with Crippen LogP contribution in [0.1, 0.15) is 116 Å². The first-order valence-electron chi connectivity index (χ1n) is 45.7. The molecule has 1 aromatic heterocycles. The lowest BCUT2D eigenvalue weighted by Crippen LogP contribution is -2.46. The zero-order valence-corrected chi connectivity index (χ0v) is 83.4. The van der Waals surface area contributed by atoms with Crippen LogP contribution < -0.4 is 16.8 Å². The fraction of sp³-hybridized carbons (Fsp3) is 0.576. The number of carbonyl (C=O) groups excluding carboxylic acids is 3. The van der Waals surface area contributed by atoms with Gasteiger partial charge in [0.2, 0.25) is 136 Å². The van der Waals surface area contributed by atoms with Gasteiger partial charge < -0.3 is 159 Å². The number of hydrogen-bond donors (Lipinski definition) is 30. The first-order valence-corrected chi connectivity index (χ1v) is 50.7. The molecular formula is C85H122N28O31S4. The number of fused-ring (bicyclic) bond motifs is 10. The van der Waals surface area contributed by atoms with E-state index in [-0.39, 0.29) is 81.6 Å². The smallest absolute Gasteiger partial charge is 0.306 e. The van der Waals surface area contributed by atoms with Crippen LogP contribution in [0.15, 0.2) is 137 Å². The van der Waals surface area contributed by atoms with Gasteiger partial charge in [-0.2, -0.15) is 0 Å². The standard InChI is InChI=1S/C85H122N28O31S4/c1-5-38(2)67-82(142)110-52-33-145-147-36-55-79(139)107-51(32-114)76(136)106-50(25-66(126)127)84(144)113-20-8-10-56(113)80(140)100-44(9-6-18-90-85(87)88)71(131)108-54(35-148-146-34-53(77(137)109-55)99-63(121)31-93-59(117)27-91-60(118)28-94-68(128)39(3)98-69(129)40(4)97-62(120)30-92-61(119)29-95-70(52)130)78(138)103-47(23-58(86)116)74(134)102-46(21-41-12-14-43(115)15-13-41)73(133)104-48(24-65(124)125)75(135)105-49(22-42-26-89-37-96-42)83(143)112-19-7-11-57(112)81(141)101-45(72(132)111-67)16-17-64(122)123/h12-15,26,37-40,44-57,67,114-115H,5-11,16-25,27-36H2,1-4H3,(H2,86,116)(H,89,96)(H,91,118)(H,92,119)(H,93,117)(H,94,128)(H,95,130)(H,97,120)(H,98,129)(H,99,121)(H,100,140)(H,101,141)(H,102,134)(H,103,138)(H,104,133)(H,105,135)(H,106,136)(H,107,139)(H,108,131)(H,109,137)(H,110,142)(H,111,132)(H,122,123)(H,124,125)(H,126,127)(H4,87,88,90)/t38-,39-,40-,44-,45-,46-,47-,48-,49-,50-,51-,52-,53-,54-,55-,56-,57-,67-/m0/s1. The molecule has 7 rings (SSSR count). The number of phenols is 1. The van der Waals surface area contributed by atoms with Crippen LogP contribution >= 0.6 is 43.2 Å². The first-order chi connectivity index (χ1) is 70.1. The molecule has 2 aromatic rings. The molecule has 0 aliphatic carbocycles. The number of guanidine groups is 1. The summed E-state index contributed by atoms with van der Waals surface area (Å²) < 4.78 is 0. The average Bonchev–Trinajstić information content (AvgIpc) is 1.67. The molecule has 0 spiro atoms.